The van der Waals surface area contributed by atoms with Crippen LogP contribution < -0.4 is 0 Å². The zero-order valence-electron chi connectivity index (χ0n) is 15.2. The lowest BCUT2D eigenvalue weighted by Gasteiger charge is -2.39. The summed E-state index contributed by atoms with van der Waals surface area (Å²) in [5, 5.41) is 0. The van der Waals surface area contributed by atoms with Crippen molar-refractivity contribution in [3.8, 4) is 0 Å². The first-order valence-corrected chi connectivity index (χ1v) is 10.4. The summed E-state index contributed by atoms with van der Waals surface area (Å²) < 4.78 is 5.99. The summed E-state index contributed by atoms with van der Waals surface area (Å²) >= 11 is 1.81. The third kappa shape index (κ3) is 3.85. The van der Waals surface area contributed by atoms with E-state index < -0.39 is 0 Å². The lowest BCUT2D eigenvalue weighted by atomic mass is 9.76. The Labute approximate surface area is 150 Å². The lowest BCUT2D eigenvalue weighted by molar-refractivity contribution is 0.0777. The van der Waals surface area contributed by atoms with E-state index in [1.54, 1.807) is 11.3 Å². The fourth-order valence-corrected chi connectivity index (χ4v) is 5.27. The molecule has 3 aliphatic rings. The van der Waals surface area contributed by atoms with E-state index in [0.717, 1.165) is 25.7 Å². The van der Waals surface area contributed by atoms with Gasteiger partial charge in [0.15, 0.2) is 0 Å². The maximum Gasteiger partial charge on any atom is 0.0798 e. The van der Waals surface area contributed by atoms with E-state index in [2.05, 4.69) is 28.8 Å². The first-order valence-electron chi connectivity index (χ1n) is 9.53. The van der Waals surface area contributed by atoms with Crippen LogP contribution in [0.5, 0.6) is 0 Å². The van der Waals surface area contributed by atoms with Gasteiger partial charge in [-0.05, 0) is 70.5 Å². The van der Waals surface area contributed by atoms with Crippen molar-refractivity contribution >= 4 is 11.3 Å². The highest BCUT2D eigenvalue weighted by Gasteiger charge is 2.44. The van der Waals surface area contributed by atoms with Crippen molar-refractivity contribution < 1.29 is 4.74 Å². The van der Waals surface area contributed by atoms with Crippen molar-refractivity contribution in [1.82, 2.24) is 14.8 Å². The summed E-state index contributed by atoms with van der Waals surface area (Å²) in [6.07, 6.45) is 6.79. The average molecular weight is 350 g/mol. The number of hydrogen-bond acceptors (Lipinski definition) is 5. The highest BCUT2D eigenvalue weighted by molar-refractivity contribution is 7.09. The number of ether oxygens (including phenoxy) is 1. The fraction of sp³-hybridized carbons (Fsp3) is 0.842. The van der Waals surface area contributed by atoms with Crippen LogP contribution in [0.4, 0.5) is 0 Å². The molecule has 0 amide bonds. The zero-order valence-corrected chi connectivity index (χ0v) is 16.0. The third-order valence-corrected chi connectivity index (χ3v) is 7.29. The first-order chi connectivity index (χ1) is 11.6. The summed E-state index contributed by atoms with van der Waals surface area (Å²) in [5.74, 6) is 0.879. The normalized spacial score (nSPS) is 28.0. The number of aromatic nitrogens is 1. The van der Waals surface area contributed by atoms with Crippen molar-refractivity contribution in [2.24, 2.45) is 11.3 Å². The molecule has 3 fully saturated rings. The smallest absolute Gasteiger partial charge is 0.0798 e. The van der Waals surface area contributed by atoms with Crippen molar-refractivity contribution in [2.75, 3.05) is 39.9 Å². The van der Waals surface area contributed by atoms with Crippen LogP contribution in [-0.4, -0.2) is 60.7 Å². The minimum Gasteiger partial charge on any atom is -0.380 e. The average Bonchev–Trinajstić information content (AvgIpc) is 3.23. The van der Waals surface area contributed by atoms with Crippen molar-refractivity contribution in [2.45, 2.75) is 51.6 Å². The van der Waals surface area contributed by atoms with Crippen LogP contribution in [0.15, 0.2) is 5.51 Å². The van der Waals surface area contributed by atoms with Crippen LogP contribution in [0.2, 0.25) is 0 Å². The molecule has 5 heteroatoms. The van der Waals surface area contributed by atoms with Gasteiger partial charge in [0, 0.05) is 30.6 Å². The van der Waals surface area contributed by atoms with Gasteiger partial charge in [0.05, 0.1) is 17.8 Å². The highest BCUT2D eigenvalue weighted by atomic mass is 32.1. The van der Waals surface area contributed by atoms with Crippen LogP contribution in [0.25, 0.3) is 0 Å². The molecule has 1 saturated carbocycles. The molecule has 24 heavy (non-hydrogen) atoms. The number of aryl methyl sites for hydroxylation is 1. The van der Waals surface area contributed by atoms with Crippen molar-refractivity contribution in [3.05, 3.63) is 16.1 Å². The van der Waals surface area contributed by atoms with Gasteiger partial charge in [-0.25, -0.2) is 4.98 Å². The van der Waals surface area contributed by atoms with Gasteiger partial charge in [0.25, 0.3) is 0 Å². The SMILES string of the molecule is Cc1ncsc1CN1CCC2(CC1)CC(COCC1CC1)N(C)C2. The predicted molar refractivity (Wildman–Crippen MR) is 98.4 cm³/mol. The van der Waals surface area contributed by atoms with Gasteiger partial charge in [-0.3, -0.25) is 4.90 Å². The van der Waals surface area contributed by atoms with Crippen molar-refractivity contribution in [3.63, 3.8) is 0 Å². The Morgan fingerprint density at radius 1 is 1.29 bits per heavy atom. The number of likely N-dealkylation sites (tertiary alicyclic amines) is 2. The molecular weight excluding hydrogens is 318 g/mol. The van der Waals surface area contributed by atoms with Gasteiger partial charge in [-0.1, -0.05) is 0 Å². The fourth-order valence-electron chi connectivity index (χ4n) is 4.45. The molecule has 0 radical (unpaired) electrons. The molecular formula is C19H31N3OS. The lowest BCUT2D eigenvalue weighted by Crippen LogP contribution is -2.40. The zero-order chi connectivity index (χ0) is 16.6. The standard InChI is InChI=1S/C19H31N3OS/c1-15-18(24-14-20-15)10-22-7-5-19(6-8-22)9-17(21(2)13-19)12-23-11-16-3-4-16/h14,16-17H,3-13H2,1-2H3. The number of thiazole rings is 1. The van der Waals surface area contributed by atoms with E-state index in [1.165, 1.54) is 62.3 Å². The van der Waals surface area contributed by atoms with Crippen LogP contribution in [0.1, 0.15) is 42.7 Å². The Bertz CT molecular complexity index is 549. The Morgan fingerprint density at radius 3 is 2.75 bits per heavy atom. The Kier molecular flexibility index (Phi) is 4.96. The van der Waals surface area contributed by atoms with E-state index in [4.69, 9.17) is 4.74 Å². The van der Waals surface area contributed by atoms with Gasteiger partial charge in [0.1, 0.15) is 0 Å². The molecule has 0 bridgehead atoms. The summed E-state index contributed by atoms with van der Waals surface area (Å²) in [6, 6.07) is 0.638. The molecule has 1 aliphatic carbocycles. The summed E-state index contributed by atoms with van der Waals surface area (Å²) in [5.41, 5.74) is 3.74. The molecule has 1 unspecified atom stereocenters. The van der Waals surface area contributed by atoms with E-state index in [1.807, 2.05) is 5.51 Å². The molecule has 134 valence electrons. The first kappa shape index (κ1) is 17.0. The number of likely N-dealkylation sites (N-methyl/N-ethyl adjacent to an activating group) is 1. The number of piperidine rings is 1. The number of rotatable bonds is 6. The Hall–Kier alpha value is -0.490. The van der Waals surface area contributed by atoms with E-state index in [0.29, 0.717) is 11.5 Å². The minimum atomic E-state index is 0.543. The maximum atomic E-state index is 5.99. The topological polar surface area (TPSA) is 28.6 Å². The molecule has 1 spiro atoms. The van der Waals surface area contributed by atoms with Crippen LogP contribution in [-0.2, 0) is 11.3 Å². The summed E-state index contributed by atoms with van der Waals surface area (Å²) in [7, 11) is 2.30. The number of nitrogens with zero attached hydrogens (tertiary/aromatic N) is 3. The molecule has 2 saturated heterocycles. The third-order valence-electron chi connectivity index (χ3n) is 6.37. The van der Waals surface area contributed by atoms with Gasteiger partial charge >= 0.3 is 0 Å². The maximum absolute atomic E-state index is 5.99. The molecule has 4 nitrogen and oxygen atoms in total. The largest absolute Gasteiger partial charge is 0.380 e. The second kappa shape index (κ2) is 7.02. The van der Waals surface area contributed by atoms with Crippen molar-refractivity contribution in [1.29, 1.82) is 0 Å². The molecule has 1 aromatic rings. The monoisotopic (exact) mass is 349 g/mol. The quantitative estimate of drug-likeness (QED) is 0.789. The van der Waals surface area contributed by atoms with Crippen LogP contribution >= 0.6 is 11.3 Å². The molecule has 4 rings (SSSR count). The molecule has 1 atom stereocenters. The number of hydrogen-bond donors (Lipinski definition) is 0. The van der Waals surface area contributed by atoms with E-state index in [9.17, 15) is 0 Å². The van der Waals surface area contributed by atoms with Gasteiger partial charge in [-0.2, -0.15) is 0 Å². The predicted octanol–water partition coefficient (Wildman–Crippen LogP) is 3.16. The second-order valence-electron chi connectivity index (χ2n) is 8.39. The molecule has 1 aromatic heterocycles. The highest BCUT2D eigenvalue weighted by Crippen LogP contribution is 2.43. The molecule has 2 aliphatic heterocycles. The molecule has 3 heterocycles. The Balaban J connectivity index is 1.26. The molecule has 0 aromatic carbocycles. The Morgan fingerprint density at radius 2 is 2.08 bits per heavy atom. The van der Waals surface area contributed by atoms with Gasteiger partial charge < -0.3 is 9.64 Å². The van der Waals surface area contributed by atoms with Gasteiger partial charge in [0.2, 0.25) is 0 Å². The second-order valence-corrected chi connectivity index (χ2v) is 9.33. The van der Waals surface area contributed by atoms with Crippen LogP contribution in [0.3, 0.4) is 0 Å². The van der Waals surface area contributed by atoms with Gasteiger partial charge in [-0.15, -0.1) is 11.3 Å². The summed E-state index contributed by atoms with van der Waals surface area (Å²) in [4.78, 5) is 11.0. The minimum absolute atomic E-state index is 0.543. The van der Waals surface area contributed by atoms with E-state index >= 15 is 0 Å². The van der Waals surface area contributed by atoms with Crippen LogP contribution in [0, 0.1) is 18.3 Å². The van der Waals surface area contributed by atoms with E-state index in [-0.39, 0.29) is 0 Å². The summed E-state index contributed by atoms with van der Waals surface area (Å²) in [6.45, 7) is 8.91. The molecule has 0 N–H and O–H groups in total.